The number of nitriles is 2. The van der Waals surface area contributed by atoms with Crippen LogP contribution in [0, 0.1) is 34.8 Å². The molecule has 226 valence electrons. The minimum absolute atomic E-state index is 0.642. The third kappa shape index (κ3) is 4.13. The van der Waals surface area contributed by atoms with E-state index in [1.807, 2.05) is 65.1 Å². The lowest BCUT2D eigenvalue weighted by molar-refractivity contribution is 1.02. The third-order valence-electron chi connectivity index (χ3n) is 9.86. The lowest BCUT2D eigenvalue weighted by Gasteiger charge is -2.20. The van der Waals surface area contributed by atoms with Crippen LogP contribution in [0.1, 0.15) is 33.6 Å². The molecule has 0 N–H and O–H groups in total. The average molecular weight is 658 g/mol. The maximum absolute atomic E-state index is 10.4. The van der Waals surface area contributed by atoms with Crippen LogP contribution in [0.3, 0.4) is 0 Å². The van der Waals surface area contributed by atoms with Crippen LogP contribution >= 0.6 is 22.7 Å². The standard InChI is InChI=1S/C44H23N3S2/c45-24-28-8-1-2-10-30(28)26-16-18-40-34(20-26)36-22-43-37(23-42(36)48-40)35-21-27(17-19-41(35)49-43)31-13-7-9-29(25-46)44(31)47-38-14-5-3-11-32(38)33-12-4-6-15-39(33)47/h1-5,7-14,16,18,20-23H,17,19H2. The Morgan fingerprint density at radius 1 is 0.633 bits per heavy atom. The number of hydrogen-bond donors (Lipinski definition) is 0. The Morgan fingerprint density at radius 2 is 1.41 bits per heavy atom. The predicted octanol–water partition coefficient (Wildman–Crippen LogP) is 11.9. The second kappa shape index (κ2) is 10.7. The molecule has 0 bridgehead atoms. The molecular formula is C44H23N3S2. The van der Waals surface area contributed by atoms with Crippen LogP contribution in [0.5, 0.6) is 0 Å². The van der Waals surface area contributed by atoms with Crippen molar-refractivity contribution in [2.45, 2.75) is 12.8 Å². The molecule has 0 saturated carbocycles. The smallest absolute Gasteiger partial charge is 0.105 e. The van der Waals surface area contributed by atoms with Crippen LogP contribution in [0.25, 0.3) is 80.5 Å². The summed E-state index contributed by atoms with van der Waals surface area (Å²) in [6.07, 6.45) is 4.22. The summed E-state index contributed by atoms with van der Waals surface area (Å²) in [6, 6.07) is 49.0. The molecule has 5 heteroatoms. The van der Waals surface area contributed by atoms with Crippen LogP contribution in [-0.2, 0) is 6.42 Å². The fourth-order valence-corrected chi connectivity index (χ4v) is 9.96. The third-order valence-corrected chi connectivity index (χ3v) is 12.2. The van der Waals surface area contributed by atoms with E-state index in [4.69, 9.17) is 0 Å². The van der Waals surface area contributed by atoms with Gasteiger partial charge in [-0.25, -0.2) is 0 Å². The van der Waals surface area contributed by atoms with E-state index in [0.717, 1.165) is 57.0 Å². The number of thiophene rings is 2. The van der Waals surface area contributed by atoms with Gasteiger partial charge in [-0.1, -0.05) is 60.7 Å². The van der Waals surface area contributed by atoms with Crippen molar-refractivity contribution in [2.75, 3.05) is 0 Å². The van der Waals surface area contributed by atoms with Gasteiger partial charge in [-0.2, -0.15) is 10.5 Å². The molecular weight excluding hydrogens is 635 g/mol. The summed E-state index contributed by atoms with van der Waals surface area (Å²) < 4.78 is 6.00. The van der Waals surface area contributed by atoms with Gasteiger partial charge in [0.15, 0.2) is 0 Å². The van der Waals surface area contributed by atoms with E-state index < -0.39 is 0 Å². The molecule has 0 aliphatic heterocycles. The average Bonchev–Trinajstić information content (AvgIpc) is 3.81. The number of para-hydroxylation sites is 2. The molecule has 0 fully saturated rings. The molecule has 0 radical (unpaired) electrons. The zero-order valence-corrected chi connectivity index (χ0v) is 27.7. The van der Waals surface area contributed by atoms with Gasteiger partial charge < -0.3 is 4.57 Å². The molecule has 0 spiro atoms. The molecule has 0 atom stereocenters. The highest BCUT2D eigenvalue weighted by Gasteiger charge is 2.24. The van der Waals surface area contributed by atoms with Crippen LogP contribution < -0.4 is 0 Å². The van der Waals surface area contributed by atoms with E-state index in [2.05, 4.69) is 102 Å². The number of nitrogens with zero attached hydrogens (tertiary/aromatic N) is 3. The molecule has 0 unspecified atom stereocenters. The zero-order chi connectivity index (χ0) is 32.6. The highest BCUT2D eigenvalue weighted by atomic mass is 32.1. The minimum Gasteiger partial charge on any atom is -0.300 e. The lowest BCUT2D eigenvalue weighted by Crippen LogP contribution is -2.05. The summed E-state index contributed by atoms with van der Waals surface area (Å²) in [6.45, 7) is 0. The van der Waals surface area contributed by atoms with Crippen molar-refractivity contribution >= 4 is 86.4 Å². The van der Waals surface area contributed by atoms with Gasteiger partial charge in [0.1, 0.15) is 11.6 Å². The van der Waals surface area contributed by atoms with Crippen molar-refractivity contribution in [3.8, 4) is 29.0 Å². The first-order valence-corrected chi connectivity index (χ1v) is 17.8. The first kappa shape index (κ1) is 27.9. The summed E-state index contributed by atoms with van der Waals surface area (Å²) in [5.41, 5.74) is 9.86. The van der Waals surface area contributed by atoms with Crippen LogP contribution in [0.15, 0.2) is 109 Å². The van der Waals surface area contributed by atoms with E-state index in [1.54, 1.807) is 0 Å². The van der Waals surface area contributed by atoms with Gasteiger partial charge >= 0.3 is 0 Å². The molecule has 3 nitrogen and oxygen atoms in total. The van der Waals surface area contributed by atoms with Gasteiger partial charge in [0.25, 0.3) is 0 Å². The molecule has 1 aliphatic carbocycles. The summed E-state index contributed by atoms with van der Waals surface area (Å²) >= 11 is 3.72. The summed E-state index contributed by atoms with van der Waals surface area (Å²) in [5.74, 6) is 0. The number of allylic oxidation sites excluding steroid dienone is 1. The molecule has 10 rings (SSSR count). The number of aryl methyl sites for hydroxylation is 1. The molecule has 9 aromatic rings. The molecule has 3 heterocycles. The van der Waals surface area contributed by atoms with Crippen LogP contribution in [0.4, 0.5) is 0 Å². The van der Waals surface area contributed by atoms with E-state index in [1.165, 1.54) is 46.3 Å². The zero-order valence-electron chi connectivity index (χ0n) is 26.0. The fourth-order valence-electron chi connectivity index (χ4n) is 7.64. The Bertz CT molecular complexity index is 2920. The topological polar surface area (TPSA) is 52.5 Å². The normalized spacial score (nSPS) is 12.7. The van der Waals surface area contributed by atoms with Crippen LogP contribution in [-0.4, -0.2) is 4.57 Å². The number of aromatic nitrogens is 1. The molecule has 49 heavy (non-hydrogen) atoms. The summed E-state index contributed by atoms with van der Waals surface area (Å²) in [4.78, 5) is 1.40. The van der Waals surface area contributed by atoms with Gasteiger partial charge in [0.2, 0.25) is 0 Å². The van der Waals surface area contributed by atoms with Crippen molar-refractivity contribution in [3.63, 3.8) is 0 Å². The first-order chi connectivity index (χ1) is 24.2. The second-order valence-corrected chi connectivity index (χ2v) is 14.7. The SMILES string of the molecule is N#Cc1ccccc1-c1ccc2sc3cc4c5c(sc4cc3c2c1)CCC(c1cccc(C#N)c1-n1c2c#cccc2c2ccccc21)=C5. The Kier molecular flexibility index (Phi) is 6.08. The summed E-state index contributed by atoms with van der Waals surface area (Å²) in [7, 11) is 0. The van der Waals surface area contributed by atoms with Crippen molar-refractivity contribution < 1.29 is 0 Å². The number of benzene rings is 5. The molecule has 0 saturated heterocycles. The molecule has 1 aliphatic rings. The quantitative estimate of drug-likeness (QED) is 0.190. The van der Waals surface area contributed by atoms with Crippen molar-refractivity contribution in [2.24, 2.45) is 0 Å². The van der Waals surface area contributed by atoms with E-state index in [0.29, 0.717) is 11.1 Å². The van der Waals surface area contributed by atoms with E-state index in [9.17, 15) is 10.5 Å². The Balaban J connectivity index is 1.15. The first-order valence-electron chi connectivity index (χ1n) is 16.2. The monoisotopic (exact) mass is 657 g/mol. The number of rotatable bonds is 3. The second-order valence-electron chi connectivity index (χ2n) is 12.5. The Morgan fingerprint density at radius 3 is 2.33 bits per heavy atom. The minimum atomic E-state index is 0.642. The number of hydrogen-bond acceptors (Lipinski definition) is 4. The van der Waals surface area contributed by atoms with Crippen molar-refractivity contribution in [1.29, 1.82) is 10.5 Å². The van der Waals surface area contributed by atoms with Gasteiger partial charge in [-0.3, -0.25) is 0 Å². The maximum atomic E-state index is 10.4. The predicted molar refractivity (Wildman–Crippen MR) is 204 cm³/mol. The highest BCUT2D eigenvalue weighted by molar-refractivity contribution is 7.26. The van der Waals surface area contributed by atoms with Crippen molar-refractivity contribution in [1.82, 2.24) is 4.57 Å². The molecule has 3 aromatic heterocycles. The maximum Gasteiger partial charge on any atom is 0.105 e. The van der Waals surface area contributed by atoms with Crippen LogP contribution in [0.2, 0.25) is 0 Å². The molecule has 6 aromatic carbocycles. The Labute approximate surface area is 290 Å². The van der Waals surface area contributed by atoms with E-state index in [-0.39, 0.29) is 0 Å². The number of fused-ring (bicyclic) bond motifs is 9. The van der Waals surface area contributed by atoms with Gasteiger partial charge in [0, 0.05) is 51.5 Å². The van der Waals surface area contributed by atoms with Gasteiger partial charge in [-0.15, -0.1) is 22.7 Å². The van der Waals surface area contributed by atoms with E-state index >= 15 is 0 Å². The lowest BCUT2D eigenvalue weighted by atomic mass is 9.89. The summed E-state index contributed by atoms with van der Waals surface area (Å²) in [5, 5.41) is 26.1. The van der Waals surface area contributed by atoms with Crippen molar-refractivity contribution in [3.05, 3.63) is 148 Å². The largest absolute Gasteiger partial charge is 0.300 e. The van der Waals surface area contributed by atoms with Gasteiger partial charge in [-0.05, 0) is 102 Å². The Hall–Kier alpha value is -6.16. The fraction of sp³-hybridized carbons (Fsp3) is 0.0455. The molecule has 0 amide bonds. The highest BCUT2D eigenvalue weighted by Crippen LogP contribution is 2.46. The van der Waals surface area contributed by atoms with Gasteiger partial charge in [0.05, 0.1) is 28.4 Å².